The van der Waals surface area contributed by atoms with Crippen LogP contribution in [0.5, 0.6) is 11.5 Å². The molecule has 0 atom stereocenters. The Labute approximate surface area is 238 Å². The molecule has 8 heteroatoms. The lowest BCUT2D eigenvalue weighted by atomic mass is 10.1. The van der Waals surface area contributed by atoms with E-state index in [4.69, 9.17) is 37.7 Å². The number of benzene rings is 4. The summed E-state index contributed by atoms with van der Waals surface area (Å²) in [5.41, 5.74) is 6.30. The monoisotopic (exact) mass is 612 g/mol. The number of thiazole rings is 1. The van der Waals surface area contributed by atoms with Crippen molar-refractivity contribution in [2.45, 2.75) is 20.1 Å². The number of hydrogen-bond donors (Lipinski definition) is 1. The molecule has 1 N–H and O–H groups in total. The smallest absolute Gasteiger partial charge is 0.175 e. The van der Waals surface area contributed by atoms with Gasteiger partial charge in [0, 0.05) is 33.4 Å². The molecular formula is C29H23BrCl2N2O2S. The normalized spacial score (nSPS) is 11.1. The van der Waals surface area contributed by atoms with E-state index in [0.29, 0.717) is 34.7 Å². The largest absolute Gasteiger partial charge is 0.493 e. The molecular weight excluding hydrogens is 591 g/mol. The molecule has 0 radical (unpaired) electrons. The maximum Gasteiger partial charge on any atom is 0.175 e. The van der Waals surface area contributed by atoms with Crippen molar-refractivity contribution in [1.82, 2.24) is 4.98 Å². The van der Waals surface area contributed by atoms with E-state index in [9.17, 15) is 0 Å². The number of aryl methyl sites for hydroxylation is 1. The number of nitrogens with zero attached hydrogens (tertiary/aromatic N) is 1. The maximum absolute atomic E-state index is 6.28. The summed E-state index contributed by atoms with van der Waals surface area (Å²) in [6, 6.07) is 24.0. The van der Waals surface area contributed by atoms with Gasteiger partial charge in [0.2, 0.25) is 0 Å². The van der Waals surface area contributed by atoms with E-state index in [0.717, 1.165) is 37.4 Å². The fraction of sp³-hybridized carbons (Fsp3) is 0.138. The van der Waals surface area contributed by atoms with Crippen LogP contribution in [0.4, 0.5) is 5.69 Å². The van der Waals surface area contributed by atoms with Crippen LogP contribution in [0, 0.1) is 6.92 Å². The van der Waals surface area contributed by atoms with E-state index in [2.05, 4.69) is 70.6 Å². The molecule has 0 fully saturated rings. The van der Waals surface area contributed by atoms with Crippen LogP contribution in [0.25, 0.3) is 20.8 Å². The van der Waals surface area contributed by atoms with Gasteiger partial charge >= 0.3 is 0 Å². The molecule has 0 unspecified atom stereocenters. The summed E-state index contributed by atoms with van der Waals surface area (Å²) in [7, 11) is 1.63. The Bertz CT molecular complexity index is 1570. The molecule has 0 saturated carbocycles. The van der Waals surface area contributed by atoms with Gasteiger partial charge in [-0.1, -0.05) is 35.3 Å². The number of ether oxygens (including phenoxy) is 2. The van der Waals surface area contributed by atoms with Gasteiger partial charge in [-0.05, 0) is 94.6 Å². The average molecular weight is 614 g/mol. The van der Waals surface area contributed by atoms with E-state index >= 15 is 0 Å². The highest BCUT2D eigenvalue weighted by Gasteiger charge is 2.13. The van der Waals surface area contributed by atoms with Crippen LogP contribution in [0.15, 0.2) is 77.3 Å². The minimum atomic E-state index is 0.295. The topological polar surface area (TPSA) is 43.4 Å². The molecule has 37 heavy (non-hydrogen) atoms. The highest BCUT2D eigenvalue weighted by atomic mass is 79.9. The van der Waals surface area contributed by atoms with Crippen molar-refractivity contribution >= 4 is 66.4 Å². The molecule has 0 spiro atoms. The minimum Gasteiger partial charge on any atom is -0.493 e. The van der Waals surface area contributed by atoms with Crippen molar-refractivity contribution < 1.29 is 9.47 Å². The fourth-order valence-electron chi connectivity index (χ4n) is 3.89. The Balaban J connectivity index is 1.25. The SMILES string of the molecule is COc1cc(CNc2ccc(-c3nc4ccc(C)cc4s3)cc2)cc(Br)c1OCc1ccc(Cl)cc1Cl. The van der Waals surface area contributed by atoms with Crippen LogP contribution in [-0.4, -0.2) is 12.1 Å². The number of nitrogens with one attached hydrogen (secondary N) is 1. The average Bonchev–Trinajstić information content (AvgIpc) is 3.31. The van der Waals surface area contributed by atoms with Gasteiger partial charge in [0.15, 0.2) is 11.5 Å². The number of fused-ring (bicyclic) bond motifs is 1. The minimum absolute atomic E-state index is 0.295. The summed E-state index contributed by atoms with van der Waals surface area (Å²) >= 11 is 17.6. The van der Waals surface area contributed by atoms with E-state index in [1.54, 1.807) is 30.6 Å². The van der Waals surface area contributed by atoms with Crippen LogP contribution >= 0.6 is 50.5 Å². The van der Waals surface area contributed by atoms with Crippen molar-refractivity contribution in [3.63, 3.8) is 0 Å². The number of rotatable bonds is 8. The Kier molecular flexibility index (Phi) is 7.91. The maximum atomic E-state index is 6.28. The van der Waals surface area contributed by atoms with Crippen molar-refractivity contribution in [3.8, 4) is 22.1 Å². The third kappa shape index (κ3) is 6.04. The van der Waals surface area contributed by atoms with Gasteiger partial charge in [0.05, 0.1) is 21.8 Å². The van der Waals surface area contributed by atoms with E-state index in [1.165, 1.54) is 10.3 Å². The summed E-state index contributed by atoms with van der Waals surface area (Å²) in [5, 5.41) is 5.65. The van der Waals surface area contributed by atoms with E-state index in [-0.39, 0.29) is 0 Å². The molecule has 0 aliphatic rings. The summed E-state index contributed by atoms with van der Waals surface area (Å²) in [6.45, 7) is 3.02. The lowest BCUT2D eigenvalue weighted by Gasteiger charge is -2.16. The lowest BCUT2D eigenvalue weighted by molar-refractivity contribution is 0.282. The van der Waals surface area contributed by atoms with Crippen LogP contribution in [0.3, 0.4) is 0 Å². The summed E-state index contributed by atoms with van der Waals surface area (Å²) in [5.74, 6) is 1.25. The van der Waals surface area contributed by atoms with Gasteiger partial charge in [-0.25, -0.2) is 4.98 Å². The first-order valence-corrected chi connectivity index (χ1v) is 13.9. The van der Waals surface area contributed by atoms with Crippen LogP contribution < -0.4 is 14.8 Å². The van der Waals surface area contributed by atoms with Crippen molar-refractivity contribution in [2.24, 2.45) is 0 Å². The Hall–Kier alpha value is -2.77. The Morgan fingerprint density at radius 3 is 2.54 bits per heavy atom. The first kappa shape index (κ1) is 25.9. The third-order valence-corrected chi connectivity index (χ3v) is 8.09. The molecule has 188 valence electrons. The quantitative estimate of drug-likeness (QED) is 0.189. The molecule has 0 saturated heterocycles. The highest BCUT2D eigenvalue weighted by molar-refractivity contribution is 9.10. The molecule has 0 aliphatic carbocycles. The summed E-state index contributed by atoms with van der Waals surface area (Å²) in [6.07, 6.45) is 0. The van der Waals surface area contributed by atoms with Gasteiger partial charge in [-0.15, -0.1) is 11.3 Å². The number of hydrogen-bond acceptors (Lipinski definition) is 5. The molecule has 4 aromatic carbocycles. The zero-order valence-corrected chi connectivity index (χ0v) is 24.1. The molecule has 1 aromatic heterocycles. The Morgan fingerprint density at radius 2 is 1.78 bits per heavy atom. The number of halogens is 3. The molecule has 4 nitrogen and oxygen atoms in total. The number of methoxy groups -OCH3 is 1. The van der Waals surface area contributed by atoms with Crippen molar-refractivity contribution in [2.75, 3.05) is 12.4 Å². The van der Waals surface area contributed by atoms with Crippen molar-refractivity contribution in [3.05, 3.63) is 104 Å². The van der Waals surface area contributed by atoms with Gasteiger partial charge in [-0.3, -0.25) is 0 Å². The van der Waals surface area contributed by atoms with Crippen LogP contribution in [0.2, 0.25) is 10.0 Å². The van der Waals surface area contributed by atoms with E-state index in [1.807, 2.05) is 18.2 Å². The Morgan fingerprint density at radius 1 is 0.973 bits per heavy atom. The second-order valence-corrected chi connectivity index (χ2v) is 11.3. The van der Waals surface area contributed by atoms with Gasteiger partial charge in [0.25, 0.3) is 0 Å². The lowest BCUT2D eigenvalue weighted by Crippen LogP contribution is -2.03. The second-order valence-electron chi connectivity index (χ2n) is 8.55. The van der Waals surface area contributed by atoms with E-state index < -0.39 is 0 Å². The first-order chi connectivity index (χ1) is 17.9. The fourth-order valence-corrected chi connectivity index (χ4v) is 6.03. The van der Waals surface area contributed by atoms with Gasteiger partial charge in [0.1, 0.15) is 11.6 Å². The zero-order valence-electron chi connectivity index (χ0n) is 20.1. The third-order valence-electron chi connectivity index (χ3n) is 5.85. The summed E-state index contributed by atoms with van der Waals surface area (Å²) in [4.78, 5) is 4.78. The molecule has 5 aromatic rings. The molecule has 5 rings (SSSR count). The predicted molar refractivity (Wildman–Crippen MR) is 159 cm³/mol. The number of aromatic nitrogens is 1. The summed E-state index contributed by atoms with van der Waals surface area (Å²) < 4.78 is 13.7. The number of anilines is 1. The van der Waals surface area contributed by atoms with Crippen LogP contribution in [0.1, 0.15) is 16.7 Å². The molecule has 0 bridgehead atoms. The molecule has 0 amide bonds. The van der Waals surface area contributed by atoms with Gasteiger partial charge < -0.3 is 14.8 Å². The standard InChI is InChI=1S/C29H23BrCl2N2O2S/c1-17-3-10-25-27(11-17)37-29(34-25)19-5-8-22(9-6-19)33-15-18-12-23(30)28(26(13-18)35-2)36-16-20-4-7-21(31)14-24(20)32/h3-14,33H,15-16H2,1-2H3. The highest BCUT2D eigenvalue weighted by Crippen LogP contribution is 2.38. The zero-order chi connectivity index (χ0) is 25.9. The molecule has 0 aliphatic heterocycles. The molecule has 1 heterocycles. The second kappa shape index (κ2) is 11.3. The predicted octanol–water partition coefficient (Wildman–Crippen LogP) is 9.54. The van der Waals surface area contributed by atoms with Gasteiger partial charge in [-0.2, -0.15) is 0 Å². The first-order valence-electron chi connectivity index (χ1n) is 11.5. The van der Waals surface area contributed by atoms with Crippen LogP contribution in [-0.2, 0) is 13.2 Å². The van der Waals surface area contributed by atoms with Crippen molar-refractivity contribution in [1.29, 1.82) is 0 Å².